The van der Waals surface area contributed by atoms with Gasteiger partial charge in [0.25, 0.3) is 0 Å². The SMILES string of the molecule is CCOC(=O)c1cc(O)cc(F)c1Br. The molecule has 0 amide bonds. The van der Waals surface area contributed by atoms with Crippen LogP contribution in [0.5, 0.6) is 5.75 Å². The van der Waals surface area contributed by atoms with Crippen molar-refractivity contribution in [2.45, 2.75) is 6.92 Å². The minimum Gasteiger partial charge on any atom is -0.508 e. The summed E-state index contributed by atoms with van der Waals surface area (Å²) < 4.78 is 17.7. The van der Waals surface area contributed by atoms with Gasteiger partial charge >= 0.3 is 5.97 Å². The van der Waals surface area contributed by atoms with Gasteiger partial charge in [-0.1, -0.05) is 0 Å². The lowest BCUT2D eigenvalue weighted by Crippen LogP contribution is -2.06. The molecule has 0 aliphatic heterocycles. The smallest absolute Gasteiger partial charge is 0.339 e. The van der Waals surface area contributed by atoms with Gasteiger partial charge in [-0.2, -0.15) is 0 Å². The topological polar surface area (TPSA) is 46.5 Å². The molecule has 1 aromatic rings. The molecule has 0 heterocycles. The Bertz CT molecular complexity index is 365. The first kappa shape index (κ1) is 11.0. The Balaban J connectivity index is 3.13. The first-order valence-electron chi connectivity index (χ1n) is 3.91. The van der Waals surface area contributed by atoms with E-state index in [1.165, 1.54) is 0 Å². The van der Waals surface area contributed by atoms with Crippen LogP contribution in [0.15, 0.2) is 16.6 Å². The number of ether oxygens (including phenoxy) is 1. The average molecular weight is 263 g/mol. The molecule has 0 aliphatic rings. The first-order valence-corrected chi connectivity index (χ1v) is 4.70. The van der Waals surface area contributed by atoms with Crippen LogP contribution in [0.25, 0.3) is 0 Å². The van der Waals surface area contributed by atoms with Crippen molar-refractivity contribution in [1.82, 2.24) is 0 Å². The fourth-order valence-electron chi connectivity index (χ4n) is 0.932. The summed E-state index contributed by atoms with van der Waals surface area (Å²) in [6.45, 7) is 1.84. The van der Waals surface area contributed by atoms with Gasteiger partial charge in [0.05, 0.1) is 16.6 Å². The zero-order chi connectivity index (χ0) is 10.7. The van der Waals surface area contributed by atoms with Crippen LogP contribution in [0.4, 0.5) is 4.39 Å². The van der Waals surface area contributed by atoms with Crippen LogP contribution < -0.4 is 0 Å². The van der Waals surface area contributed by atoms with Gasteiger partial charge in [-0.15, -0.1) is 0 Å². The number of carbonyl (C=O) groups excluding carboxylic acids is 1. The molecule has 0 spiro atoms. The molecule has 0 aliphatic carbocycles. The Morgan fingerprint density at radius 1 is 1.64 bits per heavy atom. The molecule has 0 unspecified atom stereocenters. The van der Waals surface area contributed by atoms with Crippen molar-refractivity contribution in [3.8, 4) is 5.75 Å². The molecule has 1 N–H and O–H groups in total. The van der Waals surface area contributed by atoms with Crippen molar-refractivity contribution in [3.05, 3.63) is 28.0 Å². The number of benzene rings is 1. The molecule has 76 valence electrons. The Kier molecular flexibility index (Phi) is 3.46. The number of phenolic OH excluding ortho intramolecular Hbond substituents is 1. The quantitative estimate of drug-likeness (QED) is 0.834. The number of carbonyl (C=O) groups is 1. The maximum absolute atomic E-state index is 13.0. The van der Waals surface area contributed by atoms with Crippen molar-refractivity contribution < 1.29 is 19.0 Å². The monoisotopic (exact) mass is 262 g/mol. The molecular weight excluding hydrogens is 255 g/mol. The standard InChI is InChI=1S/C9H8BrFO3/c1-2-14-9(13)6-3-5(12)4-7(11)8(6)10/h3-4,12H,2H2,1H3. The lowest BCUT2D eigenvalue weighted by atomic mass is 10.2. The molecule has 0 aromatic heterocycles. The zero-order valence-corrected chi connectivity index (χ0v) is 8.97. The zero-order valence-electron chi connectivity index (χ0n) is 7.38. The summed E-state index contributed by atoms with van der Waals surface area (Å²) >= 11 is 2.90. The summed E-state index contributed by atoms with van der Waals surface area (Å²) in [5.41, 5.74) is -0.0237. The van der Waals surface area contributed by atoms with E-state index in [1.54, 1.807) is 6.92 Å². The van der Waals surface area contributed by atoms with Crippen LogP contribution in [0.3, 0.4) is 0 Å². The molecule has 0 bridgehead atoms. The maximum Gasteiger partial charge on any atom is 0.339 e. The minimum atomic E-state index is -0.701. The predicted octanol–water partition coefficient (Wildman–Crippen LogP) is 2.47. The Hall–Kier alpha value is -1.10. The highest BCUT2D eigenvalue weighted by molar-refractivity contribution is 9.10. The fraction of sp³-hybridized carbons (Fsp3) is 0.222. The molecule has 0 saturated heterocycles. The number of esters is 1. The lowest BCUT2D eigenvalue weighted by molar-refractivity contribution is 0.0524. The third-order valence-corrected chi connectivity index (χ3v) is 2.31. The molecular formula is C9H8BrFO3. The molecule has 5 heteroatoms. The molecule has 1 rings (SSSR count). The molecule has 3 nitrogen and oxygen atoms in total. The van der Waals surface area contributed by atoms with Crippen LogP contribution in [-0.4, -0.2) is 17.7 Å². The Morgan fingerprint density at radius 3 is 2.86 bits per heavy atom. The molecule has 0 radical (unpaired) electrons. The van der Waals surface area contributed by atoms with Crippen molar-refractivity contribution in [2.24, 2.45) is 0 Å². The number of halogens is 2. The maximum atomic E-state index is 13.0. The largest absolute Gasteiger partial charge is 0.508 e. The number of rotatable bonds is 2. The van der Waals surface area contributed by atoms with Gasteiger partial charge in [-0.25, -0.2) is 9.18 Å². The van der Waals surface area contributed by atoms with Gasteiger partial charge in [0, 0.05) is 6.07 Å². The molecule has 1 aromatic carbocycles. The highest BCUT2D eigenvalue weighted by atomic mass is 79.9. The van der Waals surface area contributed by atoms with Crippen LogP contribution in [0.2, 0.25) is 0 Å². The Morgan fingerprint density at radius 2 is 2.29 bits per heavy atom. The molecule has 0 fully saturated rings. The van der Waals surface area contributed by atoms with Crippen LogP contribution in [0.1, 0.15) is 17.3 Å². The number of aromatic hydroxyl groups is 1. The van der Waals surface area contributed by atoms with Gasteiger partial charge in [-0.05, 0) is 28.9 Å². The van der Waals surface area contributed by atoms with Crippen molar-refractivity contribution in [2.75, 3.05) is 6.61 Å². The lowest BCUT2D eigenvalue weighted by Gasteiger charge is -2.05. The third-order valence-electron chi connectivity index (χ3n) is 1.51. The van der Waals surface area contributed by atoms with Crippen molar-refractivity contribution in [3.63, 3.8) is 0 Å². The predicted molar refractivity (Wildman–Crippen MR) is 51.7 cm³/mol. The summed E-state index contributed by atoms with van der Waals surface area (Å²) in [7, 11) is 0. The van der Waals surface area contributed by atoms with Crippen LogP contribution in [0, 0.1) is 5.82 Å². The van der Waals surface area contributed by atoms with Crippen molar-refractivity contribution >= 4 is 21.9 Å². The second kappa shape index (κ2) is 4.41. The summed E-state index contributed by atoms with van der Waals surface area (Å²) in [6, 6.07) is 2.05. The van der Waals surface area contributed by atoms with E-state index < -0.39 is 11.8 Å². The van der Waals surface area contributed by atoms with E-state index >= 15 is 0 Å². The summed E-state index contributed by atoms with van der Waals surface area (Å²) in [4.78, 5) is 11.2. The van der Waals surface area contributed by atoms with E-state index in [9.17, 15) is 9.18 Å². The van der Waals surface area contributed by atoms with Gasteiger partial charge < -0.3 is 9.84 Å². The average Bonchev–Trinajstić information content (AvgIpc) is 2.11. The van der Waals surface area contributed by atoms with Gasteiger partial charge in [0.15, 0.2) is 0 Å². The van der Waals surface area contributed by atoms with E-state index in [2.05, 4.69) is 20.7 Å². The van der Waals surface area contributed by atoms with Gasteiger partial charge in [-0.3, -0.25) is 0 Å². The fourth-order valence-corrected chi connectivity index (χ4v) is 1.32. The number of hydrogen-bond acceptors (Lipinski definition) is 3. The minimum absolute atomic E-state index is 0.00579. The normalized spacial score (nSPS) is 9.93. The number of hydrogen-bond donors (Lipinski definition) is 1. The third kappa shape index (κ3) is 2.23. The van der Waals surface area contributed by atoms with E-state index in [0.29, 0.717) is 0 Å². The van der Waals surface area contributed by atoms with E-state index in [-0.39, 0.29) is 22.4 Å². The van der Waals surface area contributed by atoms with E-state index in [4.69, 9.17) is 5.11 Å². The molecule has 14 heavy (non-hydrogen) atoms. The highest BCUT2D eigenvalue weighted by Crippen LogP contribution is 2.26. The molecule has 0 saturated carbocycles. The first-order chi connectivity index (χ1) is 6.56. The summed E-state index contributed by atoms with van der Waals surface area (Å²) in [6.07, 6.45) is 0. The van der Waals surface area contributed by atoms with Crippen molar-refractivity contribution in [1.29, 1.82) is 0 Å². The summed E-state index contributed by atoms with van der Waals surface area (Å²) in [5, 5.41) is 9.07. The second-order valence-corrected chi connectivity index (χ2v) is 3.30. The van der Waals surface area contributed by atoms with Crippen LogP contribution >= 0.6 is 15.9 Å². The molecule has 0 atom stereocenters. The van der Waals surface area contributed by atoms with E-state index in [0.717, 1.165) is 12.1 Å². The number of phenols is 1. The summed E-state index contributed by atoms with van der Waals surface area (Å²) in [5.74, 6) is -1.68. The second-order valence-electron chi connectivity index (χ2n) is 2.51. The van der Waals surface area contributed by atoms with Gasteiger partial charge in [0.2, 0.25) is 0 Å². The van der Waals surface area contributed by atoms with Gasteiger partial charge in [0.1, 0.15) is 11.6 Å². The van der Waals surface area contributed by atoms with Crippen LogP contribution in [-0.2, 0) is 4.74 Å². The highest BCUT2D eigenvalue weighted by Gasteiger charge is 2.15. The Labute approximate surface area is 88.6 Å². The van der Waals surface area contributed by atoms with E-state index in [1.807, 2.05) is 0 Å².